The van der Waals surface area contributed by atoms with Crippen molar-refractivity contribution in [2.75, 3.05) is 0 Å². The second-order valence-corrected chi connectivity index (χ2v) is 4.52. The number of hydrogen-bond donors (Lipinski definition) is 1. The lowest BCUT2D eigenvalue weighted by atomic mass is 10.0. The van der Waals surface area contributed by atoms with Crippen LogP contribution in [-0.4, -0.2) is 0 Å². The molecule has 1 fully saturated rings. The molecule has 0 amide bonds. The number of benzene rings is 1. The Morgan fingerprint density at radius 2 is 1.88 bits per heavy atom. The van der Waals surface area contributed by atoms with Gasteiger partial charge in [-0.2, -0.15) is 13.2 Å². The molecule has 0 atom stereocenters. The van der Waals surface area contributed by atoms with Crippen LogP contribution in [-0.2, 0) is 11.7 Å². The summed E-state index contributed by atoms with van der Waals surface area (Å²) in [7, 11) is 0. The monoisotopic (exact) mass is 241 g/mol. The van der Waals surface area contributed by atoms with Crippen LogP contribution in [0.25, 0.3) is 11.0 Å². The Labute approximate surface area is 95.2 Å². The van der Waals surface area contributed by atoms with E-state index in [1.807, 2.05) is 0 Å². The van der Waals surface area contributed by atoms with Crippen LogP contribution in [0.1, 0.15) is 24.2 Å². The fourth-order valence-corrected chi connectivity index (χ4v) is 1.92. The average Bonchev–Trinajstić information content (AvgIpc) is 2.85. The molecule has 1 aromatic carbocycles. The summed E-state index contributed by atoms with van der Waals surface area (Å²) in [6.07, 6.45) is -2.69. The molecule has 1 aliphatic carbocycles. The van der Waals surface area contributed by atoms with E-state index in [4.69, 9.17) is 10.2 Å². The third kappa shape index (κ3) is 1.70. The number of furan rings is 1. The van der Waals surface area contributed by atoms with Gasteiger partial charge in [-0.15, -0.1) is 0 Å². The number of fused-ring (bicyclic) bond motifs is 1. The highest BCUT2D eigenvalue weighted by atomic mass is 19.4. The van der Waals surface area contributed by atoms with E-state index in [-0.39, 0.29) is 11.1 Å². The molecule has 3 rings (SSSR count). The molecule has 2 nitrogen and oxygen atoms in total. The topological polar surface area (TPSA) is 39.2 Å². The van der Waals surface area contributed by atoms with Crippen LogP contribution in [0.15, 0.2) is 28.7 Å². The van der Waals surface area contributed by atoms with Gasteiger partial charge in [-0.05, 0) is 36.6 Å². The van der Waals surface area contributed by atoms with Crippen LogP contribution in [0.2, 0.25) is 0 Å². The van der Waals surface area contributed by atoms with Gasteiger partial charge in [0.1, 0.15) is 5.58 Å². The summed E-state index contributed by atoms with van der Waals surface area (Å²) >= 11 is 0. The van der Waals surface area contributed by atoms with E-state index in [0.29, 0.717) is 5.39 Å². The Kier molecular flexibility index (Phi) is 1.91. The van der Waals surface area contributed by atoms with E-state index in [1.54, 1.807) is 18.2 Å². The van der Waals surface area contributed by atoms with Crippen molar-refractivity contribution in [2.24, 2.45) is 5.73 Å². The first kappa shape index (κ1) is 10.7. The molecule has 0 unspecified atom stereocenters. The maximum absolute atomic E-state index is 12.5. The second kappa shape index (κ2) is 3.04. The molecule has 17 heavy (non-hydrogen) atoms. The molecule has 0 saturated heterocycles. The van der Waals surface area contributed by atoms with Crippen molar-refractivity contribution >= 4 is 11.0 Å². The largest absolute Gasteiger partial charge is 0.452 e. The van der Waals surface area contributed by atoms with Gasteiger partial charge in [0, 0.05) is 10.9 Å². The zero-order chi connectivity index (χ0) is 12.3. The van der Waals surface area contributed by atoms with E-state index < -0.39 is 11.9 Å². The standard InChI is InChI=1S/C12H10F3NO/c13-12(14,15)10-6-7-5-8(11(16)3-4-11)1-2-9(7)17-10/h1-2,5-6H,3-4,16H2. The fourth-order valence-electron chi connectivity index (χ4n) is 1.92. The van der Waals surface area contributed by atoms with Crippen molar-refractivity contribution in [3.63, 3.8) is 0 Å². The first-order valence-electron chi connectivity index (χ1n) is 5.29. The lowest BCUT2D eigenvalue weighted by molar-refractivity contribution is -0.152. The molecule has 0 spiro atoms. The van der Waals surface area contributed by atoms with Crippen LogP contribution in [0.3, 0.4) is 0 Å². The van der Waals surface area contributed by atoms with Gasteiger partial charge in [0.15, 0.2) is 0 Å². The summed E-state index contributed by atoms with van der Waals surface area (Å²) in [6.45, 7) is 0. The Hall–Kier alpha value is -1.49. The van der Waals surface area contributed by atoms with Crippen molar-refractivity contribution < 1.29 is 17.6 Å². The molecule has 0 radical (unpaired) electrons. The van der Waals surface area contributed by atoms with Gasteiger partial charge < -0.3 is 10.2 Å². The normalized spacial score (nSPS) is 18.6. The van der Waals surface area contributed by atoms with E-state index >= 15 is 0 Å². The van der Waals surface area contributed by atoms with Crippen LogP contribution in [0.5, 0.6) is 0 Å². The Bertz CT molecular complexity index is 578. The van der Waals surface area contributed by atoms with Gasteiger partial charge in [-0.25, -0.2) is 0 Å². The number of nitrogens with two attached hydrogens (primary N) is 1. The molecule has 5 heteroatoms. The number of rotatable bonds is 1. The number of halogens is 3. The predicted molar refractivity (Wildman–Crippen MR) is 56.3 cm³/mol. The van der Waals surface area contributed by atoms with Crippen LogP contribution >= 0.6 is 0 Å². The first-order chi connectivity index (χ1) is 7.88. The van der Waals surface area contributed by atoms with Crippen molar-refractivity contribution in [1.29, 1.82) is 0 Å². The first-order valence-corrected chi connectivity index (χ1v) is 5.29. The summed E-state index contributed by atoms with van der Waals surface area (Å²) in [4.78, 5) is 0. The van der Waals surface area contributed by atoms with Gasteiger partial charge in [-0.1, -0.05) is 6.07 Å². The smallest absolute Gasteiger partial charge is 0.449 e. The number of hydrogen-bond acceptors (Lipinski definition) is 2. The highest BCUT2D eigenvalue weighted by Gasteiger charge is 2.40. The highest BCUT2D eigenvalue weighted by Crippen LogP contribution is 2.44. The van der Waals surface area contributed by atoms with Gasteiger partial charge in [-0.3, -0.25) is 0 Å². The summed E-state index contributed by atoms with van der Waals surface area (Å²) in [6, 6.07) is 5.98. The SMILES string of the molecule is NC1(c2ccc3oc(C(F)(F)F)cc3c2)CC1. The average molecular weight is 241 g/mol. The molecule has 0 aliphatic heterocycles. The molecular weight excluding hydrogens is 231 g/mol. The summed E-state index contributed by atoms with van der Waals surface area (Å²) in [5, 5.41) is 0.451. The van der Waals surface area contributed by atoms with E-state index in [1.165, 1.54) is 0 Å². The maximum Gasteiger partial charge on any atom is 0.449 e. The van der Waals surface area contributed by atoms with E-state index in [2.05, 4.69) is 0 Å². The summed E-state index contributed by atoms with van der Waals surface area (Å²) < 4.78 is 42.1. The summed E-state index contributed by atoms with van der Waals surface area (Å²) in [5.41, 5.74) is 6.77. The van der Waals surface area contributed by atoms with Crippen molar-refractivity contribution in [3.8, 4) is 0 Å². The Morgan fingerprint density at radius 3 is 2.47 bits per heavy atom. The molecule has 2 aromatic rings. The van der Waals surface area contributed by atoms with Crippen LogP contribution < -0.4 is 5.73 Å². The third-order valence-electron chi connectivity index (χ3n) is 3.16. The zero-order valence-electron chi connectivity index (χ0n) is 8.84. The highest BCUT2D eigenvalue weighted by molar-refractivity contribution is 5.79. The molecule has 0 bridgehead atoms. The fraction of sp³-hybridized carbons (Fsp3) is 0.333. The van der Waals surface area contributed by atoms with Gasteiger partial charge in [0.25, 0.3) is 0 Å². The molecule has 1 saturated carbocycles. The molecule has 90 valence electrons. The van der Waals surface area contributed by atoms with Crippen molar-refractivity contribution in [1.82, 2.24) is 0 Å². The van der Waals surface area contributed by atoms with Crippen molar-refractivity contribution in [3.05, 3.63) is 35.6 Å². The molecule has 2 N–H and O–H groups in total. The molecule has 1 aromatic heterocycles. The second-order valence-electron chi connectivity index (χ2n) is 4.52. The van der Waals surface area contributed by atoms with E-state index in [0.717, 1.165) is 24.5 Å². The maximum atomic E-state index is 12.5. The quantitative estimate of drug-likeness (QED) is 0.831. The van der Waals surface area contributed by atoms with Gasteiger partial charge in [0.2, 0.25) is 5.76 Å². The zero-order valence-corrected chi connectivity index (χ0v) is 8.84. The minimum Gasteiger partial charge on any atom is -0.452 e. The van der Waals surface area contributed by atoms with Crippen LogP contribution in [0.4, 0.5) is 13.2 Å². The molecular formula is C12H10F3NO. The van der Waals surface area contributed by atoms with E-state index in [9.17, 15) is 13.2 Å². The van der Waals surface area contributed by atoms with Crippen molar-refractivity contribution in [2.45, 2.75) is 24.6 Å². The Balaban J connectivity index is 2.11. The summed E-state index contributed by atoms with van der Waals surface area (Å²) in [5.74, 6) is -0.966. The van der Waals surface area contributed by atoms with Gasteiger partial charge >= 0.3 is 6.18 Å². The molecule has 1 heterocycles. The predicted octanol–water partition coefficient (Wildman–Crippen LogP) is 3.40. The lowest BCUT2D eigenvalue weighted by Crippen LogP contribution is -2.18. The van der Waals surface area contributed by atoms with Gasteiger partial charge in [0.05, 0.1) is 0 Å². The Morgan fingerprint density at radius 1 is 1.18 bits per heavy atom. The minimum atomic E-state index is -4.45. The number of alkyl halides is 3. The molecule has 1 aliphatic rings. The van der Waals surface area contributed by atoms with Crippen LogP contribution in [0, 0.1) is 0 Å². The third-order valence-corrected chi connectivity index (χ3v) is 3.16. The lowest BCUT2D eigenvalue weighted by Gasteiger charge is -2.07. The minimum absolute atomic E-state index is 0.241.